The van der Waals surface area contributed by atoms with Gasteiger partial charge in [0.2, 0.25) is 5.91 Å². The van der Waals surface area contributed by atoms with Crippen molar-refractivity contribution in [3.8, 4) is 0 Å². The van der Waals surface area contributed by atoms with Crippen LogP contribution in [0.4, 0.5) is 5.69 Å². The molecule has 0 atom stereocenters. The number of pyridine rings is 1. The zero-order chi connectivity index (χ0) is 21.8. The van der Waals surface area contributed by atoms with Gasteiger partial charge in [0.15, 0.2) is 0 Å². The molecule has 0 spiro atoms. The first kappa shape index (κ1) is 21.0. The molecule has 0 radical (unpaired) electrons. The van der Waals surface area contributed by atoms with Gasteiger partial charge in [-0.3, -0.25) is 19.9 Å². The number of hydrogen-bond acceptors (Lipinski definition) is 5. The fraction of sp³-hybridized carbons (Fsp3) is 0.391. The highest BCUT2D eigenvalue weighted by Crippen LogP contribution is 2.23. The maximum Gasteiger partial charge on any atom is 0.270 e. The number of nitro benzene ring substituents is 1. The number of piperidine rings is 1. The van der Waals surface area contributed by atoms with E-state index in [1.54, 1.807) is 12.1 Å². The number of benzene rings is 1. The lowest BCUT2D eigenvalue weighted by atomic mass is 10.0. The van der Waals surface area contributed by atoms with Gasteiger partial charge in [0, 0.05) is 80.3 Å². The van der Waals surface area contributed by atoms with E-state index in [1.165, 1.54) is 6.07 Å². The van der Waals surface area contributed by atoms with E-state index < -0.39 is 4.92 Å². The van der Waals surface area contributed by atoms with E-state index in [0.29, 0.717) is 0 Å². The molecule has 0 bridgehead atoms. The Hall–Kier alpha value is -3.26. The van der Waals surface area contributed by atoms with Crippen molar-refractivity contribution in [2.24, 2.45) is 0 Å². The van der Waals surface area contributed by atoms with Crippen LogP contribution in [-0.4, -0.2) is 62.9 Å². The second kappa shape index (κ2) is 9.26. The van der Waals surface area contributed by atoms with Gasteiger partial charge in [0.1, 0.15) is 6.54 Å². The Kier molecular flexibility index (Phi) is 6.27. The van der Waals surface area contributed by atoms with E-state index in [0.717, 1.165) is 55.5 Å². The molecule has 0 unspecified atom stereocenters. The highest BCUT2D eigenvalue weighted by atomic mass is 16.6. The summed E-state index contributed by atoms with van der Waals surface area (Å²) in [6, 6.07) is 12.8. The van der Waals surface area contributed by atoms with Gasteiger partial charge in [-0.1, -0.05) is 6.07 Å². The van der Waals surface area contributed by atoms with Gasteiger partial charge >= 0.3 is 0 Å². The van der Waals surface area contributed by atoms with E-state index >= 15 is 0 Å². The Bertz CT molecular complexity index is 1060. The molecule has 8 heteroatoms. The summed E-state index contributed by atoms with van der Waals surface area (Å²) in [6.07, 6.45) is 6.52. The minimum atomic E-state index is -0.404. The van der Waals surface area contributed by atoms with Crippen LogP contribution >= 0.6 is 0 Å². The number of likely N-dealkylation sites (N-methyl/N-ethyl adjacent to an activating group) is 1. The van der Waals surface area contributed by atoms with Gasteiger partial charge < -0.3 is 14.4 Å². The van der Waals surface area contributed by atoms with Gasteiger partial charge in [-0.2, -0.15) is 0 Å². The number of likely N-dealkylation sites (tertiary alicyclic amines) is 1. The Morgan fingerprint density at radius 1 is 1.23 bits per heavy atom. The molecule has 162 valence electrons. The van der Waals surface area contributed by atoms with Crippen molar-refractivity contribution in [2.75, 3.05) is 26.7 Å². The third-order valence-electron chi connectivity index (χ3n) is 6.18. The quantitative estimate of drug-likeness (QED) is 0.432. The number of hydrogen-bond donors (Lipinski definition) is 0. The van der Waals surface area contributed by atoms with Crippen LogP contribution in [0.5, 0.6) is 0 Å². The fourth-order valence-corrected chi connectivity index (χ4v) is 4.25. The Morgan fingerprint density at radius 2 is 2.03 bits per heavy atom. The number of carbonyl (C=O) groups excluding carboxylic acids is 1. The monoisotopic (exact) mass is 421 g/mol. The minimum Gasteiger partial charge on any atom is -0.341 e. The standard InChI is InChI=1S/C23H27N5O3/c1-25(20-9-13-26(14-10-20)12-8-19-4-2-3-11-24-19)23(29)17-27-15-7-18-16-21(28(30)31)5-6-22(18)27/h2-7,11,15-16,20H,8-10,12-14,17H2,1H3. The lowest BCUT2D eigenvalue weighted by Gasteiger charge is -2.36. The molecule has 1 aromatic carbocycles. The molecule has 1 saturated heterocycles. The maximum absolute atomic E-state index is 12.9. The summed E-state index contributed by atoms with van der Waals surface area (Å²) in [5, 5.41) is 11.7. The van der Waals surface area contributed by atoms with Gasteiger partial charge in [0.05, 0.1) is 4.92 Å². The van der Waals surface area contributed by atoms with Crippen LogP contribution in [-0.2, 0) is 17.8 Å². The van der Waals surface area contributed by atoms with E-state index in [9.17, 15) is 14.9 Å². The van der Waals surface area contributed by atoms with Crippen molar-refractivity contribution < 1.29 is 9.72 Å². The largest absolute Gasteiger partial charge is 0.341 e. The van der Waals surface area contributed by atoms with Crippen molar-refractivity contribution >= 4 is 22.5 Å². The average molecular weight is 422 g/mol. The van der Waals surface area contributed by atoms with Gasteiger partial charge in [-0.15, -0.1) is 0 Å². The number of non-ortho nitro benzene ring substituents is 1. The molecule has 0 N–H and O–H groups in total. The molecule has 4 rings (SSSR count). The van der Waals surface area contributed by atoms with Gasteiger partial charge in [-0.05, 0) is 37.1 Å². The molecule has 1 fully saturated rings. The summed E-state index contributed by atoms with van der Waals surface area (Å²) < 4.78 is 1.86. The summed E-state index contributed by atoms with van der Waals surface area (Å²) in [5.41, 5.74) is 2.00. The van der Waals surface area contributed by atoms with Crippen molar-refractivity contribution in [1.82, 2.24) is 19.4 Å². The summed E-state index contributed by atoms with van der Waals surface area (Å²) in [6.45, 7) is 3.18. The first-order valence-corrected chi connectivity index (χ1v) is 10.6. The Morgan fingerprint density at radius 3 is 2.74 bits per heavy atom. The molecule has 3 heterocycles. The predicted octanol–water partition coefficient (Wildman–Crippen LogP) is 3.11. The second-order valence-corrected chi connectivity index (χ2v) is 8.09. The number of fused-ring (bicyclic) bond motifs is 1. The Labute approximate surface area is 181 Å². The molecule has 31 heavy (non-hydrogen) atoms. The highest BCUT2D eigenvalue weighted by molar-refractivity contribution is 5.85. The lowest BCUT2D eigenvalue weighted by Crippen LogP contribution is -2.46. The molecule has 1 aliphatic rings. The molecular formula is C23H27N5O3. The second-order valence-electron chi connectivity index (χ2n) is 8.09. The molecule has 1 amide bonds. The van der Waals surface area contributed by atoms with Crippen molar-refractivity contribution in [1.29, 1.82) is 0 Å². The molecule has 1 aliphatic heterocycles. The first-order chi connectivity index (χ1) is 15.0. The summed E-state index contributed by atoms with van der Waals surface area (Å²) in [5.74, 6) is 0.0581. The van der Waals surface area contributed by atoms with Crippen LogP contribution in [0.1, 0.15) is 18.5 Å². The number of amides is 1. The minimum absolute atomic E-state index is 0.0581. The fourth-order valence-electron chi connectivity index (χ4n) is 4.25. The topological polar surface area (TPSA) is 84.5 Å². The van der Waals surface area contributed by atoms with Gasteiger partial charge in [-0.25, -0.2) is 0 Å². The van der Waals surface area contributed by atoms with E-state index in [2.05, 4.69) is 16.0 Å². The lowest BCUT2D eigenvalue weighted by molar-refractivity contribution is -0.384. The molecule has 8 nitrogen and oxygen atoms in total. The number of rotatable bonds is 7. The van der Waals surface area contributed by atoms with Crippen LogP contribution in [0.25, 0.3) is 10.9 Å². The predicted molar refractivity (Wildman–Crippen MR) is 119 cm³/mol. The molecule has 0 saturated carbocycles. The first-order valence-electron chi connectivity index (χ1n) is 10.6. The number of carbonyl (C=O) groups is 1. The zero-order valence-corrected chi connectivity index (χ0v) is 17.7. The number of aromatic nitrogens is 2. The third-order valence-corrected chi connectivity index (χ3v) is 6.18. The normalized spacial score (nSPS) is 15.3. The van der Waals surface area contributed by atoms with Crippen molar-refractivity contribution in [3.05, 3.63) is 70.7 Å². The smallest absolute Gasteiger partial charge is 0.270 e. The van der Waals surface area contributed by atoms with Crippen LogP contribution < -0.4 is 0 Å². The average Bonchev–Trinajstić information content (AvgIpc) is 3.20. The highest BCUT2D eigenvalue weighted by Gasteiger charge is 2.25. The number of nitrogens with zero attached hydrogens (tertiary/aromatic N) is 5. The molecule has 2 aromatic heterocycles. The van der Waals surface area contributed by atoms with E-state index in [1.807, 2.05) is 47.1 Å². The van der Waals surface area contributed by atoms with E-state index in [-0.39, 0.29) is 24.2 Å². The van der Waals surface area contributed by atoms with Gasteiger partial charge in [0.25, 0.3) is 5.69 Å². The van der Waals surface area contributed by atoms with Crippen LogP contribution in [0.15, 0.2) is 54.9 Å². The maximum atomic E-state index is 12.9. The van der Waals surface area contributed by atoms with Crippen molar-refractivity contribution in [2.45, 2.75) is 31.8 Å². The third kappa shape index (κ3) is 4.91. The van der Waals surface area contributed by atoms with E-state index in [4.69, 9.17) is 0 Å². The summed E-state index contributed by atoms with van der Waals surface area (Å²) >= 11 is 0. The van der Waals surface area contributed by atoms with Crippen molar-refractivity contribution in [3.63, 3.8) is 0 Å². The van der Waals surface area contributed by atoms with Crippen LogP contribution in [0.2, 0.25) is 0 Å². The molecule has 3 aromatic rings. The SMILES string of the molecule is CN(C(=O)Cn1ccc2cc([N+](=O)[O-])ccc21)C1CCN(CCc2ccccn2)CC1. The summed E-state index contributed by atoms with van der Waals surface area (Å²) in [7, 11) is 1.88. The van der Waals surface area contributed by atoms with Crippen LogP contribution in [0, 0.1) is 10.1 Å². The molecular weight excluding hydrogens is 394 g/mol. The Balaban J connectivity index is 1.30. The zero-order valence-electron chi connectivity index (χ0n) is 17.7. The van der Waals surface area contributed by atoms with Crippen LogP contribution in [0.3, 0.4) is 0 Å². The molecule has 0 aliphatic carbocycles. The summed E-state index contributed by atoms with van der Waals surface area (Å²) in [4.78, 5) is 32.1. The number of nitro groups is 1.